The number of aromatic amines is 1. The Hall–Kier alpha value is -1.41. The van der Waals surface area contributed by atoms with E-state index in [-0.39, 0.29) is 16.2 Å². The first-order chi connectivity index (χ1) is 11.3. The minimum absolute atomic E-state index is 0.105. The Kier molecular flexibility index (Phi) is 3.55. The zero-order chi connectivity index (χ0) is 17.1. The number of H-pyrrole nitrogens is 1. The normalized spacial score (nSPS) is 34.5. The molecule has 4 aliphatic carbocycles. The molecule has 0 unspecified atom stereocenters. The Labute approximate surface area is 142 Å². The largest absolute Gasteiger partial charge is 0.281 e. The van der Waals surface area contributed by atoms with Gasteiger partial charge in [-0.1, -0.05) is 0 Å². The smallest absolute Gasteiger partial charge is 0.261 e. The molecule has 0 radical (unpaired) electrons. The molecule has 5 rings (SSSR count). The highest BCUT2D eigenvalue weighted by Gasteiger charge is 2.54. The first-order valence-electron chi connectivity index (χ1n) is 8.63. The number of nitrogens with one attached hydrogen (secondary N) is 3. The number of carbonyl (C=O) groups is 1. The Balaban J connectivity index is 1.49. The van der Waals surface area contributed by atoms with Crippen LogP contribution >= 0.6 is 0 Å². The lowest BCUT2D eigenvalue weighted by atomic mass is 9.49. The first kappa shape index (κ1) is 16.1. The molecular weight excluding hydrogens is 328 g/mol. The van der Waals surface area contributed by atoms with Crippen LogP contribution < -0.4 is 10.3 Å². The Morgan fingerprint density at radius 1 is 1.12 bits per heavy atom. The highest BCUT2D eigenvalue weighted by atomic mass is 32.2. The van der Waals surface area contributed by atoms with Gasteiger partial charge in [-0.25, -0.2) is 8.42 Å². The summed E-state index contributed by atoms with van der Waals surface area (Å²) in [7, 11) is -3.82. The number of hydrogen-bond donors (Lipinski definition) is 3. The van der Waals surface area contributed by atoms with E-state index in [4.69, 9.17) is 0 Å². The molecule has 0 aromatic carbocycles. The number of amides is 1. The molecule has 0 saturated heterocycles. The van der Waals surface area contributed by atoms with Crippen LogP contribution in [0.1, 0.15) is 49.9 Å². The van der Waals surface area contributed by atoms with E-state index in [0.29, 0.717) is 29.1 Å². The van der Waals surface area contributed by atoms with Crippen LogP contribution in [0.25, 0.3) is 0 Å². The summed E-state index contributed by atoms with van der Waals surface area (Å²) in [5.41, 5.74) is 2.98. The fourth-order valence-electron chi connectivity index (χ4n) is 5.62. The van der Waals surface area contributed by atoms with Crippen molar-refractivity contribution in [1.82, 2.24) is 20.5 Å². The number of hydrazine groups is 1. The molecule has 0 atom stereocenters. The summed E-state index contributed by atoms with van der Waals surface area (Å²) in [6, 6.07) is 0. The zero-order valence-corrected chi connectivity index (χ0v) is 14.9. The third kappa shape index (κ3) is 2.47. The lowest BCUT2D eigenvalue weighted by Gasteiger charge is -2.55. The fraction of sp³-hybridized carbons (Fsp3) is 0.750. The van der Waals surface area contributed by atoms with Crippen molar-refractivity contribution < 1.29 is 13.2 Å². The second-order valence-corrected chi connectivity index (χ2v) is 9.64. The van der Waals surface area contributed by atoms with Crippen molar-refractivity contribution in [3.05, 3.63) is 11.4 Å². The molecule has 3 N–H and O–H groups in total. The third-order valence-corrected chi connectivity index (χ3v) is 7.66. The molecule has 1 heterocycles. The van der Waals surface area contributed by atoms with Gasteiger partial charge in [-0.2, -0.15) is 5.10 Å². The Morgan fingerprint density at radius 3 is 2.12 bits per heavy atom. The van der Waals surface area contributed by atoms with Gasteiger partial charge in [0.1, 0.15) is 4.90 Å². The van der Waals surface area contributed by atoms with Crippen molar-refractivity contribution in [1.29, 1.82) is 0 Å². The summed E-state index contributed by atoms with van der Waals surface area (Å²) in [6.07, 6.45) is 6.42. The highest BCUT2D eigenvalue weighted by molar-refractivity contribution is 7.89. The van der Waals surface area contributed by atoms with Crippen molar-refractivity contribution in [3.8, 4) is 0 Å². The van der Waals surface area contributed by atoms with Crippen molar-refractivity contribution in [2.45, 2.75) is 57.3 Å². The zero-order valence-electron chi connectivity index (χ0n) is 14.1. The van der Waals surface area contributed by atoms with Crippen molar-refractivity contribution in [3.63, 3.8) is 0 Å². The van der Waals surface area contributed by atoms with Crippen LogP contribution in [0.4, 0.5) is 0 Å². The van der Waals surface area contributed by atoms with Gasteiger partial charge in [0.25, 0.3) is 10.0 Å². The summed E-state index contributed by atoms with van der Waals surface area (Å²) < 4.78 is 25.0. The molecule has 0 spiro atoms. The third-order valence-electron chi connectivity index (χ3n) is 6.15. The lowest BCUT2D eigenvalue weighted by molar-refractivity contribution is -0.146. The van der Waals surface area contributed by atoms with Gasteiger partial charge in [-0.15, -0.1) is 4.83 Å². The molecule has 4 fully saturated rings. The topological polar surface area (TPSA) is 104 Å². The number of carbonyl (C=O) groups excluding carboxylic acids is 1. The van der Waals surface area contributed by atoms with Crippen LogP contribution in [0.2, 0.25) is 0 Å². The molecule has 4 aliphatic rings. The predicted octanol–water partition coefficient (Wildman–Crippen LogP) is 1.55. The Morgan fingerprint density at radius 2 is 1.67 bits per heavy atom. The lowest BCUT2D eigenvalue weighted by Crippen LogP contribution is -2.56. The van der Waals surface area contributed by atoms with Gasteiger partial charge in [0.05, 0.1) is 16.8 Å². The molecular formula is C16H24N4O3S. The van der Waals surface area contributed by atoms with Gasteiger partial charge < -0.3 is 0 Å². The molecule has 1 amide bonds. The molecule has 0 aliphatic heterocycles. The van der Waals surface area contributed by atoms with Gasteiger partial charge in [-0.05, 0) is 70.1 Å². The SMILES string of the molecule is Cc1n[nH]c(C)c1S(=O)(=O)NNC(=O)C12CC3CC(CC(C3)C1)C2. The standard InChI is InChI=1S/C16H24N4O3S/c1-9-14(10(2)18-17-9)24(22,23)20-19-15(21)16-6-11-3-12(7-16)5-13(4-11)8-16/h11-13,20H,3-8H2,1-2H3,(H,17,18)(H,19,21). The number of nitrogens with zero attached hydrogens (tertiary/aromatic N) is 1. The van der Waals surface area contributed by atoms with Gasteiger partial charge in [0, 0.05) is 0 Å². The van der Waals surface area contributed by atoms with Gasteiger partial charge in [0.15, 0.2) is 0 Å². The summed E-state index contributed by atoms with van der Waals surface area (Å²) in [4.78, 5) is 15.2. The summed E-state index contributed by atoms with van der Waals surface area (Å²) in [5.74, 6) is 1.75. The maximum absolute atomic E-state index is 12.8. The monoisotopic (exact) mass is 352 g/mol. The molecule has 7 nitrogen and oxygen atoms in total. The fourth-order valence-corrected chi connectivity index (χ4v) is 6.83. The van der Waals surface area contributed by atoms with E-state index in [1.54, 1.807) is 13.8 Å². The van der Waals surface area contributed by atoms with E-state index >= 15 is 0 Å². The maximum Gasteiger partial charge on any atom is 0.261 e. The minimum Gasteiger partial charge on any atom is -0.281 e. The average molecular weight is 352 g/mol. The van der Waals surface area contributed by atoms with E-state index in [0.717, 1.165) is 19.3 Å². The first-order valence-corrected chi connectivity index (χ1v) is 10.1. The Bertz CT molecular complexity index is 728. The van der Waals surface area contributed by atoms with Crippen LogP contribution in [0, 0.1) is 37.0 Å². The van der Waals surface area contributed by atoms with Gasteiger partial charge in [0.2, 0.25) is 5.91 Å². The number of sulfonamides is 1. The van der Waals surface area contributed by atoms with E-state index < -0.39 is 10.0 Å². The molecule has 4 bridgehead atoms. The second-order valence-electron chi connectivity index (χ2n) is 8.02. The molecule has 1 aromatic heterocycles. The van der Waals surface area contributed by atoms with Crippen LogP contribution in [0.5, 0.6) is 0 Å². The van der Waals surface area contributed by atoms with E-state index in [2.05, 4.69) is 20.5 Å². The van der Waals surface area contributed by atoms with E-state index in [1.807, 2.05) is 0 Å². The molecule has 1 aromatic rings. The molecule has 24 heavy (non-hydrogen) atoms. The number of hydrogen-bond acceptors (Lipinski definition) is 4. The molecule has 132 valence electrons. The number of aryl methyl sites for hydroxylation is 2. The van der Waals surface area contributed by atoms with Gasteiger partial charge in [-0.3, -0.25) is 15.3 Å². The quantitative estimate of drug-likeness (QED) is 0.715. The summed E-state index contributed by atoms with van der Waals surface area (Å²) >= 11 is 0. The van der Waals surface area contributed by atoms with Crippen LogP contribution in [0.3, 0.4) is 0 Å². The van der Waals surface area contributed by atoms with Crippen molar-refractivity contribution in [2.75, 3.05) is 0 Å². The highest BCUT2D eigenvalue weighted by Crippen LogP contribution is 2.60. The van der Waals surface area contributed by atoms with Crippen molar-refractivity contribution >= 4 is 15.9 Å². The van der Waals surface area contributed by atoms with Crippen LogP contribution in [0.15, 0.2) is 4.90 Å². The molecule has 8 heteroatoms. The average Bonchev–Trinajstić information content (AvgIpc) is 2.83. The van der Waals surface area contributed by atoms with E-state index in [9.17, 15) is 13.2 Å². The van der Waals surface area contributed by atoms with Crippen LogP contribution in [-0.4, -0.2) is 24.5 Å². The van der Waals surface area contributed by atoms with Gasteiger partial charge >= 0.3 is 0 Å². The summed E-state index contributed by atoms with van der Waals surface area (Å²) in [6.45, 7) is 3.27. The van der Waals surface area contributed by atoms with Crippen LogP contribution in [-0.2, 0) is 14.8 Å². The van der Waals surface area contributed by atoms with E-state index in [1.165, 1.54) is 19.3 Å². The second kappa shape index (κ2) is 5.29. The maximum atomic E-state index is 12.8. The predicted molar refractivity (Wildman–Crippen MR) is 87.1 cm³/mol. The number of aromatic nitrogens is 2. The molecule has 4 saturated carbocycles. The summed E-state index contributed by atoms with van der Waals surface area (Å²) in [5, 5.41) is 6.56. The number of rotatable bonds is 4. The van der Waals surface area contributed by atoms with Crippen molar-refractivity contribution in [2.24, 2.45) is 23.2 Å². The minimum atomic E-state index is -3.82.